The minimum Gasteiger partial charge on any atom is -0.349 e. The van der Waals surface area contributed by atoms with Crippen molar-refractivity contribution < 1.29 is 18.9 Å². The van der Waals surface area contributed by atoms with Crippen LogP contribution in [-0.2, 0) is 11.3 Å². The molecule has 28 heavy (non-hydrogen) atoms. The molecule has 2 aromatic rings. The van der Waals surface area contributed by atoms with Crippen molar-refractivity contribution >= 4 is 29.1 Å². The van der Waals surface area contributed by atoms with Crippen LogP contribution in [0.15, 0.2) is 42.5 Å². The molecule has 0 aliphatic carbocycles. The van der Waals surface area contributed by atoms with Gasteiger partial charge in [0.25, 0.3) is 5.91 Å². The molecule has 0 atom stereocenters. The van der Waals surface area contributed by atoms with Gasteiger partial charge in [-0.3, -0.25) is 9.59 Å². The number of anilines is 1. The summed E-state index contributed by atoms with van der Waals surface area (Å²) in [5, 5.41) is 6.20. The van der Waals surface area contributed by atoms with E-state index in [4.69, 9.17) is 11.6 Å². The van der Waals surface area contributed by atoms with Gasteiger partial charge in [-0.1, -0.05) is 23.7 Å². The lowest BCUT2D eigenvalue weighted by Crippen LogP contribution is -3.12. The predicted octanol–water partition coefficient (Wildman–Crippen LogP) is 2.41. The fraction of sp³-hybridized carbons (Fsp3) is 0.333. The van der Waals surface area contributed by atoms with Gasteiger partial charge >= 0.3 is 0 Å². The van der Waals surface area contributed by atoms with Gasteiger partial charge in [0.15, 0.2) is 0 Å². The minimum absolute atomic E-state index is 0.0803. The van der Waals surface area contributed by atoms with Gasteiger partial charge in [-0.05, 0) is 30.3 Å². The molecule has 7 heteroatoms. The highest BCUT2D eigenvalue weighted by atomic mass is 35.5. The molecule has 3 rings (SSSR count). The number of benzene rings is 2. The monoisotopic (exact) mass is 404 g/mol. The van der Waals surface area contributed by atoms with Crippen LogP contribution in [0.1, 0.15) is 35.7 Å². The number of amides is 2. The molecule has 3 N–H and O–H groups in total. The zero-order valence-corrected chi connectivity index (χ0v) is 16.5. The molecule has 0 saturated carbocycles. The Bertz CT molecular complexity index is 846. The lowest BCUT2D eigenvalue weighted by atomic mass is 10.0. The second-order valence-electron chi connectivity index (χ2n) is 7.14. The smallest absolute Gasteiger partial charge is 0.251 e. The Morgan fingerprint density at radius 1 is 1.18 bits per heavy atom. The Morgan fingerprint density at radius 2 is 1.89 bits per heavy atom. The topological polar surface area (TPSA) is 62.6 Å². The summed E-state index contributed by atoms with van der Waals surface area (Å²) in [6, 6.07) is 11.7. The van der Waals surface area contributed by atoms with Crippen LogP contribution in [0.3, 0.4) is 0 Å². The van der Waals surface area contributed by atoms with Crippen molar-refractivity contribution in [1.29, 1.82) is 0 Å². The van der Waals surface area contributed by atoms with Gasteiger partial charge in [0.05, 0.1) is 23.7 Å². The summed E-state index contributed by atoms with van der Waals surface area (Å²) in [7, 11) is 0. The van der Waals surface area contributed by atoms with E-state index >= 15 is 0 Å². The van der Waals surface area contributed by atoms with Gasteiger partial charge in [0.1, 0.15) is 12.4 Å². The second kappa shape index (κ2) is 9.17. The predicted molar refractivity (Wildman–Crippen MR) is 107 cm³/mol. The van der Waals surface area contributed by atoms with Gasteiger partial charge in [-0.25, -0.2) is 4.39 Å². The fourth-order valence-electron chi connectivity index (χ4n) is 3.51. The first-order valence-corrected chi connectivity index (χ1v) is 9.75. The lowest BCUT2D eigenvalue weighted by molar-refractivity contribution is -0.919. The molecule has 2 aromatic carbocycles. The number of likely N-dealkylation sites (tertiary alicyclic amines) is 1. The summed E-state index contributed by atoms with van der Waals surface area (Å²) in [6.07, 6.45) is 1.64. The van der Waals surface area contributed by atoms with E-state index in [0.29, 0.717) is 28.4 Å². The van der Waals surface area contributed by atoms with Crippen molar-refractivity contribution in [3.8, 4) is 0 Å². The Balaban J connectivity index is 1.53. The number of quaternary nitrogens is 1. The third-order valence-electron chi connectivity index (χ3n) is 4.96. The van der Waals surface area contributed by atoms with Crippen molar-refractivity contribution in [3.63, 3.8) is 0 Å². The highest BCUT2D eigenvalue weighted by molar-refractivity contribution is 6.31. The number of piperidine rings is 1. The van der Waals surface area contributed by atoms with Crippen LogP contribution in [-0.4, -0.2) is 30.9 Å². The van der Waals surface area contributed by atoms with E-state index in [1.165, 1.54) is 17.9 Å². The van der Waals surface area contributed by atoms with E-state index in [9.17, 15) is 14.0 Å². The van der Waals surface area contributed by atoms with E-state index in [1.54, 1.807) is 36.4 Å². The summed E-state index contributed by atoms with van der Waals surface area (Å²) in [6.45, 7) is 3.64. The maximum Gasteiger partial charge on any atom is 0.251 e. The Labute approximate surface area is 168 Å². The first-order valence-electron chi connectivity index (χ1n) is 9.37. The van der Waals surface area contributed by atoms with Gasteiger partial charge in [0, 0.05) is 37.1 Å². The summed E-state index contributed by atoms with van der Waals surface area (Å²) in [4.78, 5) is 24.9. The quantitative estimate of drug-likeness (QED) is 0.716. The lowest BCUT2D eigenvalue weighted by Gasteiger charge is -2.30. The van der Waals surface area contributed by atoms with Crippen LogP contribution in [0.25, 0.3) is 0 Å². The number of carbonyl (C=O) groups excluding carboxylic acids is 2. The first-order chi connectivity index (χ1) is 13.4. The number of rotatable bonds is 5. The first kappa shape index (κ1) is 20.3. The Kier molecular flexibility index (Phi) is 6.65. The van der Waals surface area contributed by atoms with E-state index in [2.05, 4.69) is 10.6 Å². The van der Waals surface area contributed by atoms with E-state index in [-0.39, 0.29) is 23.7 Å². The number of nitrogens with one attached hydrogen (secondary N) is 3. The molecule has 0 radical (unpaired) electrons. The summed E-state index contributed by atoms with van der Waals surface area (Å²) < 4.78 is 14.0. The SMILES string of the molecule is CC(=O)Nc1cccc(C(=O)NC2CC[NH+](Cc3c(F)cccc3Cl)CC2)c1. The van der Waals surface area contributed by atoms with Crippen LogP contribution in [0.4, 0.5) is 10.1 Å². The third-order valence-corrected chi connectivity index (χ3v) is 5.32. The van der Waals surface area contributed by atoms with Crippen LogP contribution < -0.4 is 15.5 Å². The fourth-order valence-corrected chi connectivity index (χ4v) is 3.74. The number of hydrogen-bond acceptors (Lipinski definition) is 2. The summed E-state index contributed by atoms with van der Waals surface area (Å²) in [5.41, 5.74) is 1.66. The van der Waals surface area contributed by atoms with Gasteiger partial charge in [-0.15, -0.1) is 0 Å². The highest BCUT2D eigenvalue weighted by Gasteiger charge is 2.25. The van der Waals surface area contributed by atoms with Crippen molar-refractivity contribution in [2.24, 2.45) is 0 Å². The molecule has 5 nitrogen and oxygen atoms in total. The maximum absolute atomic E-state index is 14.0. The van der Waals surface area contributed by atoms with E-state index < -0.39 is 0 Å². The van der Waals surface area contributed by atoms with Gasteiger partial charge in [-0.2, -0.15) is 0 Å². The van der Waals surface area contributed by atoms with Crippen molar-refractivity contribution in [1.82, 2.24) is 5.32 Å². The van der Waals surface area contributed by atoms with E-state index in [1.807, 2.05) is 0 Å². The summed E-state index contributed by atoms with van der Waals surface area (Å²) >= 11 is 6.12. The average Bonchev–Trinajstić information content (AvgIpc) is 2.66. The van der Waals surface area contributed by atoms with Crippen LogP contribution >= 0.6 is 11.6 Å². The Hall–Kier alpha value is -2.44. The number of carbonyl (C=O) groups is 2. The number of hydrogen-bond donors (Lipinski definition) is 3. The normalized spacial score (nSPS) is 19.1. The van der Waals surface area contributed by atoms with E-state index in [0.717, 1.165) is 25.9 Å². The zero-order valence-electron chi connectivity index (χ0n) is 15.7. The molecule has 0 spiro atoms. The second-order valence-corrected chi connectivity index (χ2v) is 7.54. The number of halogens is 2. The van der Waals surface area contributed by atoms with Crippen molar-refractivity contribution in [2.75, 3.05) is 18.4 Å². The molecular formula is C21H24ClFN3O2+. The molecule has 0 aromatic heterocycles. The van der Waals surface area contributed by atoms with Crippen molar-refractivity contribution in [3.05, 3.63) is 64.4 Å². The molecule has 1 fully saturated rings. The van der Waals surface area contributed by atoms with Gasteiger partial charge in [0.2, 0.25) is 5.91 Å². The molecule has 1 aliphatic rings. The summed E-state index contributed by atoms with van der Waals surface area (Å²) in [5.74, 6) is -0.602. The zero-order chi connectivity index (χ0) is 20.1. The molecule has 1 aliphatic heterocycles. The van der Waals surface area contributed by atoms with Crippen LogP contribution in [0.2, 0.25) is 5.02 Å². The molecule has 2 amide bonds. The maximum atomic E-state index is 14.0. The van der Waals surface area contributed by atoms with Crippen LogP contribution in [0.5, 0.6) is 0 Å². The molecule has 0 unspecified atom stereocenters. The standard InChI is InChI=1S/C21H23ClFN3O2/c1-14(27)24-17-5-2-4-15(12-17)21(28)25-16-8-10-26(11-9-16)13-18-19(22)6-3-7-20(18)23/h2-7,12,16H,8-11,13H2,1H3,(H,24,27)(H,25,28)/p+1. The highest BCUT2D eigenvalue weighted by Crippen LogP contribution is 2.18. The Morgan fingerprint density at radius 3 is 2.57 bits per heavy atom. The molecule has 1 heterocycles. The molecule has 1 saturated heterocycles. The van der Waals surface area contributed by atoms with Crippen LogP contribution in [0, 0.1) is 5.82 Å². The molecular weight excluding hydrogens is 381 g/mol. The largest absolute Gasteiger partial charge is 0.349 e. The van der Waals surface area contributed by atoms with Gasteiger partial charge < -0.3 is 15.5 Å². The molecule has 0 bridgehead atoms. The minimum atomic E-state index is -0.269. The molecule has 148 valence electrons. The average molecular weight is 405 g/mol. The third kappa shape index (κ3) is 5.30. The van der Waals surface area contributed by atoms with Crippen molar-refractivity contribution in [2.45, 2.75) is 32.4 Å².